The smallest absolute Gasteiger partial charge is 0.0718 e. The summed E-state index contributed by atoms with van der Waals surface area (Å²) in [6.07, 6.45) is 1.65. The molecule has 0 fully saturated rings. The summed E-state index contributed by atoms with van der Waals surface area (Å²) in [5.74, 6) is 0. The molecule has 2 N–H and O–H groups in total. The summed E-state index contributed by atoms with van der Waals surface area (Å²) < 4.78 is 3.02. The molecule has 0 aliphatic rings. The molecule has 0 bridgehead atoms. The second-order valence-corrected chi connectivity index (χ2v) is 6.30. The maximum absolute atomic E-state index is 6.32. The second-order valence-electron chi connectivity index (χ2n) is 5.38. The first-order chi connectivity index (χ1) is 10.1. The molecule has 3 nitrogen and oxygen atoms in total. The van der Waals surface area contributed by atoms with E-state index < -0.39 is 0 Å². The lowest BCUT2D eigenvalue weighted by atomic mass is 10.0. The molecule has 1 unspecified atom stereocenters. The Morgan fingerprint density at radius 1 is 1.10 bits per heavy atom. The number of rotatable bonds is 4. The summed E-state index contributed by atoms with van der Waals surface area (Å²) in [4.78, 5) is 0. The molecule has 0 aliphatic heterocycles. The van der Waals surface area contributed by atoms with Crippen LogP contribution in [0, 0.1) is 0 Å². The number of aromatic nitrogens is 2. The Morgan fingerprint density at radius 2 is 1.81 bits per heavy atom. The van der Waals surface area contributed by atoms with E-state index in [0.29, 0.717) is 0 Å². The van der Waals surface area contributed by atoms with Gasteiger partial charge in [0.15, 0.2) is 0 Å². The molecule has 0 saturated heterocycles. The summed E-state index contributed by atoms with van der Waals surface area (Å²) in [6.45, 7) is 0. The number of halogens is 1. The standard InChI is InChI=1S/C17H18BrN3/c1-21-17-5-3-2-4-15(17)16(20-21)11-14(19)10-12-6-8-13(18)9-7-12/h2-9,14H,10-11,19H2,1H3. The van der Waals surface area contributed by atoms with Gasteiger partial charge < -0.3 is 5.73 Å². The molecular weight excluding hydrogens is 326 g/mol. The van der Waals surface area contributed by atoms with Crippen LogP contribution in [-0.4, -0.2) is 15.8 Å². The Hall–Kier alpha value is -1.65. The first kappa shape index (κ1) is 14.3. The number of fused-ring (bicyclic) bond motifs is 1. The van der Waals surface area contributed by atoms with Crippen LogP contribution in [-0.2, 0) is 19.9 Å². The maximum Gasteiger partial charge on any atom is 0.0718 e. The van der Waals surface area contributed by atoms with Gasteiger partial charge in [-0.15, -0.1) is 0 Å². The van der Waals surface area contributed by atoms with Crippen LogP contribution in [0.25, 0.3) is 10.9 Å². The fraction of sp³-hybridized carbons (Fsp3) is 0.235. The SMILES string of the molecule is Cn1nc(CC(N)Cc2ccc(Br)cc2)c2ccccc21. The normalized spacial score (nSPS) is 12.7. The van der Waals surface area contributed by atoms with Crippen molar-refractivity contribution in [2.45, 2.75) is 18.9 Å². The van der Waals surface area contributed by atoms with Gasteiger partial charge in [0.1, 0.15) is 0 Å². The van der Waals surface area contributed by atoms with Gasteiger partial charge >= 0.3 is 0 Å². The zero-order chi connectivity index (χ0) is 14.8. The highest BCUT2D eigenvalue weighted by Gasteiger charge is 2.12. The van der Waals surface area contributed by atoms with Gasteiger partial charge in [-0.1, -0.05) is 46.3 Å². The van der Waals surface area contributed by atoms with E-state index in [1.54, 1.807) is 0 Å². The topological polar surface area (TPSA) is 43.8 Å². The van der Waals surface area contributed by atoms with Crippen LogP contribution in [0.1, 0.15) is 11.3 Å². The van der Waals surface area contributed by atoms with Crippen molar-refractivity contribution in [2.75, 3.05) is 0 Å². The van der Waals surface area contributed by atoms with Crippen LogP contribution < -0.4 is 5.73 Å². The minimum atomic E-state index is 0.0736. The molecule has 3 aromatic rings. The van der Waals surface area contributed by atoms with Crippen LogP contribution in [0.3, 0.4) is 0 Å². The molecule has 0 aliphatic carbocycles. The van der Waals surface area contributed by atoms with E-state index in [1.807, 2.05) is 23.9 Å². The number of aryl methyl sites for hydroxylation is 1. The summed E-state index contributed by atoms with van der Waals surface area (Å²) in [5.41, 5.74) is 9.81. The van der Waals surface area contributed by atoms with Crippen LogP contribution in [0.15, 0.2) is 53.0 Å². The van der Waals surface area contributed by atoms with Crippen molar-refractivity contribution in [3.05, 3.63) is 64.3 Å². The average molecular weight is 344 g/mol. The van der Waals surface area contributed by atoms with Crippen molar-refractivity contribution >= 4 is 26.8 Å². The van der Waals surface area contributed by atoms with Crippen molar-refractivity contribution in [3.8, 4) is 0 Å². The predicted octanol–water partition coefficient (Wildman–Crippen LogP) is 3.45. The lowest BCUT2D eigenvalue weighted by molar-refractivity contribution is 0.642. The zero-order valence-corrected chi connectivity index (χ0v) is 13.5. The highest BCUT2D eigenvalue weighted by Crippen LogP contribution is 2.19. The van der Waals surface area contributed by atoms with E-state index in [-0.39, 0.29) is 6.04 Å². The zero-order valence-electron chi connectivity index (χ0n) is 12.0. The van der Waals surface area contributed by atoms with Crippen LogP contribution in [0.2, 0.25) is 0 Å². The molecule has 1 atom stereocenters. The van der Waals surface area contributed by atoms with Gasteiger partial charge in [-0.05, 0) is 30.2 Å². The molecule has 108 valence electrons. The summed E-state index contributed by atoms with van der Waals surface area (Å²) in [7, 11) is 1.98. The van der Waals surface area contributed by atoms with Gasteiger partial charge in [0.25, 0.3) is 0 Å². The Bertz CT molecular complexity index is 746. The predicted molar refractivity (Wildman–Crippen MR) is 90.2 cm³/mol. The largest absolute Gasteiger partial charge is 0.327 e. The van der Waals surface area contributed by atoms with Gasteiger partial charge in [-0.3, -0.25) is 4.68 Å². The van der Waals surface area contributed by atoms with E-state index >= 15 is 0 Å². The molecule has 0 amide bonds. The van der Waals surface area contributed by atoms with Gasteiger partial charge in [0.2, 0.25) is 0 Å². The lowest BCUT2D eigenvalue weighted by Crippen LogP contribution is -2.25. The quantitative estimate of drug-likeness (QED) is 0.788. The molecule has 4 heteroatoms. The van der Waals surface area contributed by atoms with Crippen LogP contribution >= 0.6 is 15.9 Å². The molecule has 3 rings (SSSR count). The first-order valence-electron chi connectivity index (χ1n) is 7.04. The highest BCUT2D eigenvalue weighted by molar-refractivity contribution is 9.10. The number of benzene rings is 2. The Morgan fingerprint density at radius 3 is 2.57 bits per heavy atom. The molecular formula is C17H18BrN3. The monoisotopic (exact) mass is 343 g/mol. The van der Waals surface area contributed by atoms with Crippen LogP contribution in [0.5, 0.6) is 0 Å². The third-order valence-corrected chi connectivity index (χ3v) is 4.23. The molecule has 2 aromatic carbocycles. The van der Waals surface area contributed by atoms with Crippen molar-refractivity contribution in [1.29, 1.82) is 0 Å². The number of nitrogens with two attached hydrogens (primary N) is 1. The lowest BCUT2D eigenvalue weighted by Gasteiger charge is -2.10. The molecule has 1 aromatic heterocycles. The van der Waals surface area contributed by atoms with Gasteiger partial charge in [-0.2, -0.15) is 5.10 Å². The molecule has 1 heterocycles. The Kier molecular flexibility index (Phi) is 4.08. The van der Waals surface area contributed by atoms with Crippen molar-refractivity contribution < 1.29 is 0 Å². The Balaban J connectivity index is 1.77. The minimum absolute atomic E-state index is 0.0736. The number of para-hydroxylation sites is 1. The van der Waals surface area contributed by atoms with E-state index in [9.17, 15) is 0 Å². The van der Waals surface area contributed by atoms with E-state index in [2.05, 4.69) is 57.4 Å². The third kappa shape index (κ3) is 3.17. The molecule has 0 saturated carbocycles. The first-order valence-corrected chi connectivity index (χ1v) is 7.83. The number of hydrogen-bond donors (Lipinski definition) is 1. The summed E-state index contributed by atoms with van der Waals surface area (Å²) in [5, 5.41) is 5.81. The second kappa shape index (κ2) is 6.00. The average Bonchev–Trinajstić information content (AvgIpc) is 2.78. The van der Waals surface area contributed by atoms with E-state index in [4.69, 9.17) is 5.73 Å². The summed E-state index contributed by atoms with van der Waals surface area (Å²) in [6, 6.07) is 16.7. The van der Waals surface area contributed by atoms with Crippen molar-refractivity contribution in [1.82, 2.24) is 9.78 Å². The van der Waals surface area contributed by atoms with Gasteiger partial charge in [0.05, 0.1) is 11.2 Å². The molecule has 21 heavy (non-hydrogen) atoms. The number of nitrogens with zero attached hydrogens (tertiary/aromatic N) is 2. The van der Waals surface area contributed by atoms with Gasteiger partial charge in [0, 0.05) is 29.4 Å². The Labute approximate surface area is 132 Å². The molecule has 0 spiro atoms. The minimum Gasteiger partial charge on any atom is -0.327 e. The van der Waals surface area contributed by atoms with Crippen LogP contribution in [0.4, 0.5) is 0 Å². The van der Waals surface area contributed by atoms with Gasteiger partial charge in [-0.25, -0.2) is 0 Å². The van der Waals surface area contributed by atoms with E-state index in [0.717, 1.165) is 28.5 Å². The fourth-order valence-corrected chi connectivity index (χ4v) is 2.95. The maximum atomic E-state index is 6.32. The highest BCUT2D eigenvalue weighted by atomic mass is 79.9. The number of hydrogen-bond acceptors (Lipinski definition) is 2. The molecule has 0 radical (unpaired) electrons. The van der Waals surface area contributed by atoms with E-state index in [1.165, 1.54) is 10.9 Å². The van der Waals surface area contributed by atoms with Crippen molar-refractivity contribution in [3.63, 3.8) is 0 Å². The third-order valence-electron chi connectivity index (χ3n) is 3.70. The fourth-order valence-electron chi connectivity index (χ4n) is 2.68. The van der Waals surface area contributed by atoms with Crippen molar-refractivity contribution in [2.24, 2.45) is 12.8 Å². The summed E-state index contributed by atoms with van der Waals surface area (Å²) >= 11 is 3.45.